The van der Waals surface area contributed by atoms with Gasteiger partial charge >= 0.3 is 6.18 Å². The van der Waals surface area contributed by atoms with Crippen LogP contribution in [0, 0.1) is 0 Å². The molecule has 0 aliphatic rings. The number of nitrogens with zero attached hydrogens (tertiary/aromatic N) is 1. The van der Waals surface area contributed by atoms with Crippen molar-refractivity contribution in [2.24, 2.45) is 0 Å². The standard InChI is InChI=1S/C11H5BrF3NO2/c12-6-1-2-8(9(3-6)11(13,14)15)10-16-4-7(5-17)18-10/h1-5H. The van der Waals surface area contributed by atoms with Gasteiger partial charge in [0.15, 0.2) is 12.0 Å². The molecule has 1 aromatic heterocycles. The Hall–Kier alpha value is -1.63. The van der Waals surface area contributed by atoms with E-state index in [2.05, 4.69) is 20.9 Å². The molecule has 0 N–H and O–H groups in total. The summed E-state index contributed by atoms with van der Waals surface area (Å²) in [6.07, 6.45) is -3.08. The van der Waals surface area contributed by atoms with E-state index in [1.54, 1.807) is 0 Å². The summed E-state index contributed by atoms with van der Waals surface area (Å²) in [7, 11) is 0. The van der Waals surface area contributed by atoms with Gasteiger partial charge in [-0.3, -0.25) is 4.79 Å². The average molecular weight is 320 g/mol. The van der Waals surface area contributed by atoms with Crippen LogP contribution in [-0.2, 0) is 6.18 Å². The summed E-state index contributed by atoms with van der Waals surface area (Å²) in [5.74, 6) is -0.363. The van der Waals surface area contributed by atoms with Gasteiger partial charge in [0.2, 0.25) is 5.89 Å². The lowest BCUT2D eigenvalue weighted by Crippen LogP contribution is -2.07. The number of oxazole rings is 1. The summed E-state index contributed by atoms with van der Waals surface area (Å²) in [5.41, 5.74) is -1.09. The zero-order valence-electron chi connectivity index (χ0n) is 8.66. The third-order valence-electron chi connectivity index (χ3n) is 2.16. The van der Waals surface area contributed by atoms with Gasteiger partial charge in [0.05, 0.1) is 11.8 Å². The van der Waals surface area contributed by atoms with E-state index in [1.807, 2.05) is 0 Å². The van der Waals surface area contributed by atoms with Crippen molar-refractivity contribution in [3.63, 3.8) is 0 Å². The molecule has 0 amide bonds. The van der Waals surface area contributed by atoms with Crippen LogP contribution in [0.2, 0.25) is 0 Å². The fourth-order valence-corrected chi connectivity index (χ4v) is 1.76. The van der Waals surface area contributed by atoms with Gasteiger partial charge in [-0.2, -0.15) is 13.2 Å². The molecule has 1 heterocycles. The first kappa shape index (κ1) is 12.8. The lowest BCUT2D eigenvalue weighted by Gasteiger charge is -2.10. The fourth-order valence-electron chi connectivity index (χ4n) is 1.40. The van der Waals surface area contributed by atoms with Gasteiger partial charge in [-0.15, -0.1) is 0 Å². The van der Waals surface area contributed by atoms with Crippen LogP contribution < -0.4 is 0 Å². The summed E-state index contributed by atoms with van der Waals surface area (Å²) < 4.78 is 43.7. The van der Waals surface area contributed by atoms with E-state index in [0.717, 1.165) is 12.3 Å². The van der Waals surface area contributed by atoms with Crippen LogP contribution in [0.1, 0.15) is 16.1 Å². The van der Waals surface area contributed by atoms with Crippen LogP contribution in [0.4, 0.5) is 13.2 Å². The maximum absolute atomic E-state index is 12.8. The van der Waals surface area contributed by atoms with Gasteiger partial charge in [0.25, 0.3) is 0 Å². The molecule has 0 saturated carbocycles. The average Bonchev–Trinajstić information content (AvgIpc) is 2.76. The lowest BCUT2D eigenvalue weighted by molar-refractivity contribution is -0.137. The van der Waals surface area contributed by atoms with E-state index in [4.69, 9.17) is 4.42 Å². The molecule has 0 aliphatic carbocycles. The maximum Gasteiger partial charge on any atom is 0.417 e. The molecule has 94 valence electrons. The number of rotatable bonds is 2. The van der Waals surface area contributed by atoms with Crippen LogP contribution >= 0.6 is 15.9 Å². The highest BCUT2D eigenvalue weighted by molar-refractivity contribution is 9.10. The van der Waals surface area contributed by atoms with Crippen molar-refractivity contribution in [3.05, 3.63) is 40.2 Å². The molecule has 0 unspecified atom stereocenters. The summed E-state index contributed by atoms with van der Waals surface area (Å²) in [5, 5.41) is 0. The number of hydrogen-bond donors (Lipinski definition) is 0. The molecule has 1 aromatic carbocycles. The van der Waals surface area contributed by atoms with Crippen LogP contribution in [-0.4, -0.2) is 11.3 Å². The van der Waals surface area contributed by atoms with Crippen molar-refractivity contribution in [2.45, 2.75) is 6.18 Å². The number of carbonyl (C=O) groups excluding carboxylic acids is 1. The highest BCUT2D eigenvalue weighted by Crippen LogP contribution is 2.38. The van der Waals surface area contributed by atoms with Gasteiger partial charge in [0, 0.05) is 10.0 Å². The highest BCUT2D eigenvalue weighted by atomic mass is 79.9. The second-order valence-electron chi connectivity index (χ2n) is 3.37. The molecule has 0 fully saturated rings. The van der Waals surface area contributed by atoms with E-state index < -0.39 is 11.7 Å². The lowest BCUT2D eigenvalue weighted by atomic mass is 10.1. The molecule has 0 bridgehead atoms. The molecular formula is C11H5BrF3NO2. The molecule has 18 heavy (non-hydrogen) atoms. The molecule has 0 spiro atoms. The summed E-state index contributed by atoms with van der Waals surface area (Å²) in [6.45, 7) is 0. The Bertz CT molecular complexity index is 592. The van der Waals surface area contributed by atoms with Crippen LogP contribution in [0.25, 0.3) is 11.5 Å². The number of hydrogen-bond acceptors (Lipinski definition) is 3. The number of aromatic nitrogens is 1. The minimum Gasteiger partial charge on any atom is -0.433 e. The van der Waals surface area contributed by atoms with Crippen molar-refractivity contribution in [1.29, 1.82) is 0 Å². The Morgan fingerprint density at radius 3 is 2.61 bits per heavy atom. The Labute approximate surface area is 108 Å². The molecule has 0 atom stereocenters. The highest BCUT2D eigenvalue weighted by Gasteiger charge is 2.35. The molecule has 0 saturated heterocycles. The van der Waals surface area contributed by atoms with Gasteiger partial charge in [-0.05, 0) is 18.2 Å². The smallest absolute Gasteiger partial charge is 0.417 e. The van der Waals surface area contributed by atoms with E-state index in [9.17, 15) is 18.0 Å². The van der Waals surface area contributed by atoms with Gasteiger partial charge in [-0.1, -0.05) is 15.9 Å². The SMILES string of the molecule is O=Cc1cnc(-c2ccc(Br)cc2C(F)(F)F)o1. The Balaban J connectivity index is 2.60. The molecule has 3 nitrogen and oxygen atoms in total. The second kappa shape index (κ2) is 4.56. The summed E-state index contributed by atoms with van der Waals surface area (Å²) in [4.78, 5) is 14.1. The summed E-state index contributed by atoms with van der Waals surface area (Å²) >= 11 is 2.97. The normalized spacial score (nSPS) is 11.6. The quantitative estimate of drug-likeness (QED) is 0.787. The third kappa shape index (κ3) is 2.45. The first-order valence-electron chi connectivity index (χ1n) is 4.70. The van der Waals surface area contributed by atoms with Crippen molar-refractivity contribution in [2.75, 3.05) is 0 Å². The topological polar surface area (TPSA) is 43.1 Å². The fraction of sp³-hybridized carbons (Fsp3) is 0.0909. The van der Waals surface area contributed by atoms with E-state index >= 15 is 0 Å². The number of benzene rings is 1. The van der Waals surface area contributed by atoms with E-state index in [-0.39, 0.29) is 17.2 Å². The number of carbonyl (C=O) groups is 1. The Kier molecular flexibility index (Phi) is 3.25. The van der Waals surface area contributed by atoms with Gasteiger partial charge in [-0.25, -0.2) is 4.98 Å². The van der Waals surface area contributed by atoms with Crippen molar-refractivity contribution < 1.29 is 22.4 Å². The predicted octanol–water partition coefficient (Wildman–Crippen LogP) is 3.94. The first-order chi connectivity index (χ1) is 8.41. The molecule has 0 aliphatic heterocycles. The van der Waals surface area contributed by atoms with Crippen LogP contribution in [0.5, 0.6) is 0 Å². The van der Waals surface area contributed by atoms with E-state index in [1.165, 1.54) is 12.1 Å². The van der Waals surface area contributed by atoms with Crippen LogP contribution in [0.3, 0.4) is 0 Å². The Morgan fingerprint density at radius 1 is 1.33 bits per heavy atom. The number of halogens is 4. The van der Waals surface area contributed by atoms with Crippen LogP contribution in [0.15, 0.2) is 33.3 Å². The zero-order valence-corrected chi connectivity index (χ0v) is 10.2. The molecule has 7 heteroatoms. The molecule has 2 rings (SSSR count). The van der Waals surface area contributed by atoms with Crippen molar-refractivity contribution in [1.82, 2.24) is 4.98 Å². The second-order valence-corrected chi connectivity index (χ2v) is 4.29. The monoisotopic (exact) mass is 319 g/mol. The van der Waals surface area contributed by atoms with E-state index in [0.29, 0.717) is 10.8 Å². The third-order valence-corrected chi connectivity index (χ3v) is 2.65. The number of aldehydes is 1. The maximum atomic E-state index is 12.8. The summed E-state index contributed by atoms with van der Waals surface area (Å²) in [6, 6.07) is 3.60. The predicted molar refractivity (Wildman–Crippen MR) is 60.0 cm³/mol. The number of alkyl halides is 3. The van der Waals surface area contributed by atoms with Crippen molar-refractivity contribution in [3.8, 4) is 11.5 Å². The van der Waals surface area contributed by atoms with Crippen molar-refractivity contribution >= 4 is 22.2 Å². The minimum atomic E-state index is -4.53. The molecule has 0 radical (unpaired) electrons. The van der Waals surface area contributed by atoms with Gasteiger partial charge < -0.3 is 4.42 Å². The zero-order chi connectivity index (χ0) is 13.3. The molecular weight excluding hydrogens is 315 g/mol. The molecule has 2 aromatic rings. The minimum absolute atomic E-state index is 0.124. The van der Waals surface area contributed by atoms with Gasteiger partial charge in [0.1, 0.15) is 0 Å². The first-order valence-corrected chi connectivity index (χ1v) is 5.49. The Morgan fingerprint density at radius 2 is 2.06 bits per heavy atom. The largest absolute Gasteiger partial charge is 0.433 e.